The standard InChI is InChI=1S/C29H28F3N5O4/c1-36-17-35-24-22(18-4-6-19(7-5-18)29(30,31)32)14-33-25(23(24)26(36)38)34-15-28(16-40-2)12-13-37(27(28)39)20-8-10-21(41-3)11-9-20/h4-11,14,17H,12-13,15-16H2,1-3H3,(H,33,34). The molecule has 0 radical (unpaired) electrons. The van der Waals surface area contributed by atoms with Crippen LogP contribution >= 0.6 is 0 Å². The van der Waals surface area contributed by atoms with Gasteiger partial charge in [0, 0.05) is 44.7 Å². The maximum absolute atomic E-state index is 13.7. The lowest BCUT2D eigenvalue weighted by molar-refractivity contribution is -0.137. The summed E-state index contributed by atoms with van der Waals surface area (Å²) < 4.78 is 51.2. The fourth-order valence-electron chi connectivity index (χ4n) is 5.10. The van der Waals surface area contributed by atoms with Crippen molar-refractivity contribution in [2.45, 2.75) is 12.6 Å². The summed E-state index contributed by atoms with van der Waals surface area (Å²) in [6.45, 7) is 0.746. The number of pyridine rings is 1. The Balaban J connectivity index is 1.48. The van der Waals surface area contributed by atoms with Gasteiger partial charge in [-0.15, -0.1) is 0 Å². The number of fused-ring (bicyclic) bond motifs is 1. The number of nitrogens with zero attached hydrogens (tertiary/aromatic N) is 4. The van der Waals surface area contributed by atoms with E-state index in [-0.39, 0.29) is 35.8 Å². The van der Waals surface area contributed by atoms with Crippen LogP contribution in [0.25, 0.3) is 22.0 Å². The molecular weight excluding hydrogens is 539 g/mol. The van der Waals surface area contributed by atoms with Crippen molar-refractivity contribution in [2.24, 2.45) is 12.5 Å². The number of hydrogen-bond donors (Lipinski definition) is 1. The monoisotopic (exact) mass is 567 g/mol. The number of benzene rings is 2. The quantitative estimate of drug-likeness (QED) is 0.335. The Kier molecular flexibility index (Phi) is 7.43. The van der Waals surface area contributed by atoms with Crippen molar-refractivity contribution in [3.8, 4) is 16.9 Å². The van der Waals surface area contributed by atoms with Gasteiger partial charge in [-0.05, 0) is 48.4 Å². The van der Waals surface area contributed by atoms with E-state index in [1.165, 1.54) is 36.3 Å². The molecule has 3 heterocycles. The highest BCUT2D eigenvalue weighted by Crippen LogP contribution is 2.37. The summed E-state index contributed by atoms with van der Waals surface area (Å²) in [6.07, 6.45) is -1.17. The first kappa shape index (κ1) is 28.1. The SMILES string of the molecule is COCC1(CNc2ncc(-c3ccc(C(F)(F)F)cc3)c3ncn(C)c(=O)c23)CCN(c2ccc(OC)cc2)C1=O. The number of ether oxygens (including phenoxy) is 2. The molecule has 1 amide bonds. The number of halogens is 3. The van der Waals surface area contributed by atoms with Crippen LogP contribution in [0.15, 0.2) is 65.8 Å². The number of carbonyl (C=O) groups excluding carboxylic acids is 1. The number of anilines is 2. The molecule has 214 valence electrons. The molecule has 5 rings (SSSR count). The van der Waals surface area contributed by atoms with Gasteiger partial charge >= 0.3 is 6.18 Å². The average Bonchev–Trinajstić information content (AvgIpc) is 3.29. The van der Waals surface area contributed by atoms with E-state index in [1.807, 2.05) is 12.1 Å². The van der Waals surface area contributed by atoms with Crippen LogP contribution in [0.5, 0.6) is 5.75 Å². The first-order valence-corrected chi connectivity index (χ1v) is 12.8. The summed E-state index contributed by atoms with van der Waals surface area (Å²) in [5.41, 5.74) is -0.250. The van der Waals surface area contributed by atoms with Crippen LogP contribution in [0.1, 0.15) is 12.0 Å². The van der Waals surface area contributed by atoms with Crippen LogP contribution in [0.2, 0.25) is 0 Å². The van der Waals surface area contributed by atoms with Crippen molar-refractivity contribution < 1.29 is 27.4 Å². The number of aryl methyl sites for hydroxylation is 1. The fraction of sp³-hybridized carbons (Fsp3) is 0.310. The number of alkyl halides is 3. The topological polar surface area (TPSA) is 98.6 Å². The van der Waals surface area contributed by atoms with E-state index in [2.05, 4.69) is 15.3 Å². The largest absolute Gasteiger partial charge is 0.497 e. The Morgan fingerprint density at radius 2 is 1.73 bits per heavy atom. The molecule has 0 saturated carbocycles. The van der Waals surface area contributed by atoms with E-state index in [4.69, 9.17) is 9.47 Å². The minimum absolute atomic E-state index is 0.131. The molecule has 2 aromatic heterocycles. The van der Waals surface area contributed by atoms with E-state index >= 15 is 0 Å². The smallest absolute Gasteiger partial charge is 0.416 e. The molecule has 0 aliphatic carbocycles. The summed E-state index contributed by atoms with van der Waals surface area (Å²) in [5.74, 6) is 0.766. The van der Waals surface area contributed by atoms with Crippen molar-refractivity contribution >= 4 is 28.3 Å². The van der Waals surface area contributed by atoms with Crippen molar-refractivity contribution in [2.75, 3.05) is 44.1 Å². The van der Waals surface area contributed by atoms with Gasteiger partial charge in [0.15, 0.2) is 0 Å². The highest BCUT2D eigenvalue weighted by molar-refractivity contribution is 6.01. The number of rotatable bonds is 8. The Hall–Kier alpha value is -4.45. The molecule has 1 N–H and O–H groups in total. The zero-order valence-corrected chi connectivity index (χ0v) is 22.7. The number of aromatic nitrogens is 3. The molecule has 0 bridgehead atoms. The third-order valence-electron chi connectivity index (χ3n) is 7.38. The lowest BCUT2D eigenvalue weighted by Crippen LogP contribution is -2.43. The van der Waals surface area contributed by atoms with Gasteiger partial charge < -0.3 is 24.3 Å². The summed E-state index contributed by atoms with van der Waals surface area (Å²) in [4.78, 5) is 37.5. The van der Waals surface area contributed by atoms with Crippen molar-refractivity contribution in [3.63, 3.8) is 0 Å². The Labute approximate surface area is 233 Å². The minimum atomic E-state index is -4.47. The van der Waals surface area contributed by atoms with E-state index < -0.39 is 22.7 Å². The fourth-order valence-corrected chi connectivity index (χ4v) is 5.10. The van der Waals surface area contributed by atoms with Gasteiger partial charge in [0.25, 0.3) is 5.56 Å². The molecule has 1 atom stereocenters. The first-order valence-electron chi connectivity index (χ1n) is 12.8. The predicted octanol–water partition coefficient (Wildman–Crippen LogP) is 4.50. The molecule has 1 unspecified atom stereocenters. The number of amides is 1. The molecule has 1 aliphatic rings. The van der Waals surface area contributed by atoms with Crippen molar-refractivity contribution in [3.05, 3.63) is 77.0 Å². The number of nitrogens with one attached hydrogen (secondary N) is 1. The summed E-state index contributed by atoms with van der Waals surface area (Å²) >= 11 is 0. The van der Waals surface area contributed by atoms with Crippen LogP contribution in [-0.2, 0) is 22.8 Å². The molecule has 0 spiro atoms. The van der Waals surface area contributed by atoms with Gasteiger partial charge in [0.2, 0.25) is 5.91 Å². The Bertz CT molecular complexity index is 1640. The summed E-state index contributed by atoms with van der Waals surface area (Å²) in [7, 11) is 4.64. The third-order valence-corrected chi connectivity index (χ3v) is 7.38. The van der Waals surface area contributed by atoms with Crippen LogP contribution in [0.4, 0.5) is 24.7 Å². The summed E-state index contributed by atoms with van der Waals surface area (Å²) in [5, 5.41) is 3.36. The number of carbonyl (C=O) groups is 1. The minimum Gasteiger partial charge on any atom is -0.497 e. The van der Waals surface area contributed by atoms with E-state index in [9.17, 15) is 22.8 Å². The van der Waals surface area contributed by atoms with Crippen LogP contribution in [0, 0.1) is 5.41 Å². The second-order valence-electron chi connectivity index (χ2n) is 9.95. The van der Waals surface area contributed by atoms with E-state index in [0.717, 1.165) is 17.8 Å². The van der Waals surface area contributed by atoms with Gasteiger partial charge in [-0.25, -0.2) is 9.97 Å². The zero-order valence-electron chi connectivity index (χ0n) is 22.7. The maximum Gasteiger partial charge on any atom is 0.416 e. The molecule has 12 heteroatoms. The highest BCUT2D eigenvalue weighted by Gasteiger charge is 2.47. The van der Waals surface area contributed by atoms with Crippen molar-refractivity contribution in [1.29, 1.82) is 0 Å². The molecular formula is C29H28F3N5O4. The number of hydrogen-bond acceptors (Lipinski definition) is 7. The molecule has 1 aliphatic heterocycles. The third kappa shape index (κ3) is 5.22. The normalized spacial score (nSPS) is 17.3. The lowest BCUT2D eigenvalue weighted by Gasteiger charge is -2.28. The maximum atomic E-state index is 13.7. The molecule has 1 saturated heterocycles. The van der Waals surface area contributed by atoms with Gasteiger partial charge in [-0.1, -0.05) is 12.1 Å². The molecule has 4 aromatic rings. The lowest BCUT2D eigenvalue weighted by atomic mass is 9.87. The zero-order chi connectivity index (χ0) is 29.4. The summed E-state index contributed by atoms with van der Waals surface area (Å²) in [6, 6.07) is 11.8. The van der Waals surface area contributed by atoms with Gasteiger partial charge in [-0.3, -0.25) is 9.59 Å². The van der Waals surface area contributed by atoms with Gasteiger partial charge in [-0.2, -0.15) is 13.2 Å². The molecule has 2 aromatic carbocycles. The number of methoxy groups -OCH3 is 2. The van der Waals surface area contributed by atoms with Gasteiger partial charge in [0.05, 0.1) is 36.5 Å². The van der Waals surface area contributed by atoms with E-state index in [0.29, 0.717) is 29.8 Å². The highest BCUT2D eigenvalue weighted by atomic mass is 19.4. The van der Waals surface area contributed by atoms with Crippen LogP contribution in [-0.4, -0.2) is 54.4 Å². The van der Waals surface area contributed by atoms with Crippen LogP contribution in [0.3, 0.4) is 0 Å². The Morgan fingerprint density at radius 3 is 2.37 bits per heavy atom. The average molecular weight is 568 g/mol. The molecule has 41 heavy (non-hydrogen) atoms. The van der Waals surface area contributed by atoms with Gasteiger partial charge in [0.1, 0.15) is 17.0 Å². The molecule has 9 nitrogen and oxygen atoms in total. The molecule has 1 fully saturated rings. The van der Waals surface area contributed by atoms with Crippen LogP contribution < -0.4 is 20.5 Å². The first-order chi connectivity index (χ1) is 19.6. The second-order valence-corrected chi connectivity index (χ2v) is 9.95. The van der Waals surface area contributed by atoms with Crippen molar-refractivity contribution in [1.82, 2.24) is 14.5 Å². The second kappa shape index (κ2) is 10.8. The predicted molar refractivity (Wildman–Crippen MR) is 148 cm³/mol. The van der Waals surface area contributed by atoms with E-state index in [1.54, 1.807) is 31.2 Å². The Morgan fingerprint density at radius 1 is 1.02 bits per heavy atom.